The first-order chi connectivity index (χ1) is 16.5. The zero-order chi connectivity index (χ0) is 24.1. The molecule has 1 aromatic heterocycles. The molecule has 0 bridgehead atoms. The van der Waals surface area contributed by atoms with E-state index in [2.05, 4.69) is 15.5 Å². The van der Waals surface area contributed by atoms with Gasteiger partial charge in [-0.25, -0.2) is 10.4 Å². The quantitative estimate of drug-likeness (QED) is 0.339. The molecule has 0 radical (unpaired) electrons. The summed E-state index contributed by atoms with van der Waals surface area (Å²) in [6, 6.07) is 21.7. The fourth-order valence-corrected chi connectivity index (χ4v) is 3.56. The highest BCUT2D eigenvalue weighted by Crippen LogP contribution is 2.27. The van der Waals surface area contributed by atoms with E-state index >= 15 is 0 Å². The predicted octanol–water partition coefficient (Wildman–Crippen LogP) is 3.62. The molecule has 3 aromatic carbocycles. The van der Waals surface area contributed by atoms with Gasteiger partial charge in [-0.05, 0) is 42.8 Å². The van der Waals surface area contributed by atoms with Crippen LogP contribution in [0.2, 0.25) is 0 Å². The summed E-state index contributed by atoms with van der Waals surface area (Å²) in [5, 5.41) is 4.67. The van der Waals surface area contributed by atoms with Crippen LogP contribution in [0.5, 0.6) is 11.5 Å². The first-order valence-electron chi connectivity index (χ1n) is 10.6. The molecule has 34 heavy (non-hydrogen) atoms. The number of rotatable bonds is 7. The van der Waals surface area contributed by atoms with E-state index in [1.807, 2.05) is 36.4 Å². The highest BCUT2D eigenvalue weighted by molar-refractivity contribution is 6.01. The van der Waals surface area contributed by atoms with E-state index in [-0.39, 0.29) is 17.9 Å². The van der Waals surface area contributed by atoms with Crippen molar-refractivity contribution in [3.05, 3.63) is 100 Å². The van der Waals surface area contributed by atoms with Crippen molar-refractivity contribution in [2.24, 2.45) is 5.10 Å². The molecule has 0 aliphatic carbocycles. The van der Waals surface area contributed by atoms with Gasteiger partial charge in [0.25, 0.3) is 5.56 Å². The fourth-order valence-electron chi connectivity index (χ4n) is 3.56. The molecule has 8 heteroatoms. The minimum absolute atomic E-state index is 0.0172. The van der Waals surface area contributed by atoms with Gasteiger partial charge in [0.05, 0.1) is 37.4 Å². The third-order valence-corrected chi connectivity index (χ3v) is 5.37. The first-order valence-corrected chi connectivity index (χ1v) is 10.6. The summed E-state index contributed by atoms with van der Waals surface area (Å²) in [6.07, 6.45) is 0. The molecule has 0 saturated heterocycles. The van der Waals surface area contributed by atoms with Gasteiger partial charge in [0, 0.05) is 5.56 Å². The summed E-state index contributed by atoms with van der Waals surface area (Å²) in [6.45, 7) is 1.96. The van der Waals surface area contributed by atoms with Crippen molar-refractivity contribution >= 4 is 22.5 Å². The SMILES string of the molecule is COc1ccc(/C(C)=N\NC(=O)c2nc3ccccc3c(=O)n2Cc2ccccc2)cc1OC. The zero-order valence-corrected chi connectivity index (χ0v) is 19.1. The third-order valence-electron chi connectivity index (χ3n) is 5.37. The van der Waals surface area contributed by atoms with Gasteiger partial charge in [0.1, 0.15) is 0 Å². The number of carbonyl (C=O) groups is 1. The predicted molar refractivity (Wildman–Crippen MR) is 131 cm³/mol. The lowest BCUT2D eigenvalue weighted by molar-refractivity contribution is 0.0939. The van der Waals surface area contributed by atoms with Crippen molar-refractivity contribution in [3.63, 3.8) is 0 Å². The molecule has 0 aliphatic heterocycles. The lowest BCUT2D eigenvalue weighted by Crippen LogP contribution is -2.32. The number of nitrogens with zero attached hydrogens (tertiary/aromatic N) is 3. The Hall–Kier alpha value is -4.46. The number of methoxy groups -OCH3 is 2. The van der Waals surface area contributed by atoms with Crippen LogP contribution in [0.4, 0.5) is 0 Å². The van der Waals surface area contributed by atoms with E-state index in [4.69, 9.17) is 9.47 Å². The summed E-state index contributed by atoms with van der Waals surface area (Å²) in [7, 11) is 3.11. The van der Waals surface area contributed by atoms with Crippen molar-refractivity contribution in [3.8, 4) is 11.5 Å². The van der Waals surface area contributed by atoms with Crippen LogP contribution in [-0.2, 0) is 6.54 Å². The topological polar surface area (TPSA) is 94.8 Å². The molecule has 172 valence electrons. The molecule has 1 heterocycles. The van der Waals surface area contributed by atoms with E-state index in [9.17, 15) is 9.59 Å². The molecule has 4 rings (SSSR count). The molecular formula is C26H24N4O4. The Morgan fingerprint density at radius 1 is 0.971 bits per heavy atom. The molecule has 0 saturated carbocycles. The second-order valence-corrected chi connectivity index (χ2v) is 7.54. The Bertz CT molecular complexity index is 1430. The maximum atomic E-state index is 13.2. The standard InChI is InChI=1S/C26H24N4O4/c1-17(19-13-14-22(33-2)23(15-19)34-3)28-29-25(31)24-27-21-12-8-7-11-20(21)26(32)30(24)16-18-9-5-4-6-10-18/h4-15H,16H2,1-3H3,(H,29,31)/b28-17-. The number of ether oxygens (including phenoxy) is 2. The van der Waals surface area contributed by atoms with Crippen molar-refractivity contribution in [2.75, 3.05) is 14.2 Å². The highest BCUT2D eigenvalue weighted by atomic mass is 16.5. The molecule has 1 N–H and O–H groups in total. The average molecular weight is 457 g/mol. The lowest BCUT2D eigenvalue weighted by atomic mass is 10.1. The number of para-hydroxylation sites is 1. The van der Waals surface area contributed by atoms with Crippen LogP contribution >= 0.6 is 0 Å². The van der Waals surface area contributed by atoms with E-state index in [1.54, 1.807) is 57.5 Å². The van der Waals surface area contributed by atoms with Crippen molar-refractivity contribution in [2.45, 2.75) is 13.5 Å². The average Bonchev–Trinajstić information content (AvgIpc) is 2.88. The number of hydrazone groups is 1. The summed E-state index contributed by atoms with van der Waals surface area (Å²) in [5.74, 6) is 0.539. The maximum Gasteiger partial charge on any atom is 0.307 e. The minimum Gasteiger partial charge on any atom is -0.493 e. The van der Waals surface area contributed by atoms with Gasteiger partial charge in [-0.15, -0.1) is 0 Å². The number of amides is 1. The van der Waals surface area contributed by atoms with Gasteiger partial charge in [-0.1, -0.05) is 42.5 Å². The maximum absolute atomic E-state index is 13.2. The van der Waals surface area contributed by atoms with E-state index < -0.39 is 5.91 Å². The van der Waals surface area contributed by atoms with Gasteiger partial charge in [0.15, 0.2) is 11.5 Å². The summed E-state index contributed by atoms with van der Waals surface area (Å²) >= 11 is 0. The van der Waals surface area contributed by atoms with Crippen LogP contribution in [0.15, 0.2) is 82.7 Å². The number of hydrogen-bond acceptors (Lipinski definition) is 6. The van der Waals surface area contributed by atoms with Crippen LogP contribution in [0.3, 0.4) is 0 Å². The zero-order valence-electron chi connectivity index (χ0n) is 19.1. The third kappa shape index (κ3) is 4.66. The number of nitrogens with one attached hydrogen (secondary N) is 1. The number of aromatic nitrogens is 2. The summed E-state index contributed by atoms with van der Waals surface area (Å²) in [5.41, 5.74) is 4.86. The monoisotopic (exact) mass is 456 g/mol. The van der Waals surface area contributed by atoms with Crippen LogP contribution in [0.25, 0.3) is 10.9 Å². The first kappa shape index (κ1) is 22.7. The van der Waals surface area contributed by atoms with Gasteiger partial charge < -0.3 is 9.47 Å². The molecule has 0 aliphatic rings. The fraction of sp³-hybridized carbons (Fsp3) is 0.154. The molecule has 4 aromatic rings. The molecule has 0 spiro atoms. The van der Waals surface area contributed by atoms with E-state index in [0.29, 0.717) is 28.1 Å². The Kier molecular flexibility index (Phi) is 6.68. The van der Waals surface area contributed by atoms with Gasteiger partial charge in [-0.2, -0.15) is 5.10 Å². The van der Waals surface area contributed by atoms with Crippen molar-refractivity contribution < 1.29 is 14.3 Å². The molecule has 8 nitrogen and oxygen atoms in total. The second kappa shape index (κ2) is 9.99. The van der Waals surface area contributed by atoms with Crippen molar-refractivity contribution in [1.29, 1.82) is 0 Å². The number of hydrogen-bond donors (Lipinski definition) is 1. The van der Waals surface area contributed by atoms with Crippen LogP contribution < -0.4 is 20.5 Å². The van der Waals surface area contributed by atoms with Gasteiger partial charge in [0.2, 0.25) is 5.82 Å². The molecule has 0 atom stereocenters. The van der Waals surface area contributed by atoms with Crippen LogP contribution in [0, 0.1) is 0 Å². The van der Waals surface area contributed by atoms with Gasteiger partial charge >= 0.3 is 5.91 Å². The largest absolute Gasteiger partial charge is 0.493 e. The second-order valence-electron chi connectivity index (χ2n) is 7.54. The Labute approximate surface area is 196 Å². The lowest BCUT2D eigenvalue weighted by Gasteiger charge is -2.13. The van der Waals surface area contributed by atoms with Gasteiger partial charge in [-0.3, -0.25) is 14.2 Å². The van der Waals surface area contributed by atoms with Crippen molar-refractivity contribution in [1.82, 2.24) is 15.0 Å². The Morgan fingerprint density at radius 3 is 2.41 bits per heavy atom. The molecule has 0 fully saturated rings. The smallest absolute Gasteiger partial charge is 0.307 e. The number of fused-ring (bicyclic) bond motifs is 1. The number of carbonyl (C=O) groups excluding carboxylic acids is 1. The summed E-state index contributed by atoms with van der Waals surface area (Å²) in [4.78, 5) is 30.8. The summed E-state index contributed by atoms with van der Waals surface area (Å²) < 4.78 is 12.0. The molecule has 1 amide bonds. The normalized spacial score (nSPS) is 11.3. The van der Waals surface area contributed by atoms with Crippen LogP contribution in [0.1, 0.15) is 28.7 Å². The Morgan fingerprint density at radius 2 is 1.68 bits per heavy atom. The number of benzene rings is 3. The van der Waals surface area contributed by atoms with E-state index in [1.165, 1.54) is 4.57 Å². The highest BCUT2D eigenvalue weighted by Gasteiger charge is 2.18. The molecular weight excluding hydrogens is 432 g/mol. The van der Waals surface area contributed by atoms with Crippen LogP contribution in [-0.4, -0.2) is 35.4 Å². The van der Waals surface area contributed by atoms with E-state index in [0.717, 1.165) is 11.1 Å². The Balaban J connectivity index is 1.69. The molecule has 0 unspecified atom stereocenters. The minimum atomic E-state index is -0.585.